The predicted molar refractivity (Wildman–Crippen MR) is 56.7 cm³/mol. The van der Waals surface area contributed by atoms with Crippen molar-refractivity contribution in [2.24, 2.45) is 0 Å². The smallest absolute Gasteiger partial charge is 0.138 e. The monoisotopic (exact) mass is 206 g/mol. The van der Waals surface area contributed by atoms with Crippen LogP contribution in [-0.2, 0) is 6.42 Å². The zero-order valence-electron chi connectivity index (χ0n) is 7.46. The van der Waals surface area contributed by atoms with Crippen molar-refractivity contribution in [2.45, 2.75) is 11.4 Å². The first kappa shape index (κ1) is 9.08. The molecule has 0 aliphatic heterocycles. The van der Waals surface area contributed by atoms with Gasteiger partial charge in [-0.1, -0.05) is 30.3 Å². The summed E-state index contributed by atoms with van der Waals surface area (Å²) in [5.74, 6) is 5.46. The van der Waals surface area contributed by atoms with E-state index in [1.807, 2.05) is 30.3 Å². The van der Waals surface area contributed by atoms with Gasteiger partial charge in [0, 0.05) is 6.42 Å². The first-order chi connectivity index (χ1) is 6.77. The molecule has 4 nitrogen and oxygen atoms in total. The van der Waals surface area contributed by atoms with Gasteiger partial charge in [0.05, 0.1) is 0 Å². The summed E-state index contributed by atoms with van der Waals surface area (Å²) in [5, 5.41) is 8.21. The van der Waals surface area contributed by atoms with Gasteiger partial charge in [-0.3, -0.25) is 0 Å². The average Bonchev–Trinajstić information content (AvgIpc) is 2.52. The van der Waals surface area contributed by atoms with E-state index < -0.39 is 0 Å². The summed E-state index contributed by atoms with van der Waals surface area (Å²) in [6, 6.07) is 10.0. The average molecular weight is 206 g/mol. The van der Waals surface area contributed by atoms with Gasteiger partial charge in [-0.25, -0.2) is 0 Å². The van der Waals surface area contributed by atoms with E-state index in [-0.39, 0.29) is 0 Å². The van der Waals surface area contributed by atoms with E-state index >= 15 is 0 Å². The van der Waals surface area contributed by atoms with Gasteiger partial charge in [0.1, 0.15) is 10.7 Å². The van der Waals surface area contributed by atoms with E-state index in [9.17, 15) is 0 Å². The Morgan fingerprint density at radius 2 is 2.00 bits per heavy atom. The zero-order chi connectivity index (χ0) is 9.97. The minimum absolute atomic E-state index is 0.605. The van der Waals surface area contributed by atoms with E-state index in [1.54, 1.807) is 0 Å². The van der Waals surface area contributed by atoms with Crippen molar-refractivity contribution in [1.82, 2.24) is 15.1 Å². The predicted octanol–water partition coefficient (Wildman–Crippen LogP) is 0.871. The molecular weight excluding hydrogens is 196 g/mol. The zero-order valence-corrected chi connectivity index (χ0v) is 8.35. The Kier molecular flexibility index (Phi) is 2.41. The fourth-order valence-electron chi connectivity index (χ4n) is 1.23. The topological polar surface area (TPSA) is 56.7 Å². The Bertz CT molecular complexity index is 424. The molecule has 1 heterocycles. The summed E-state index contributed by atoms with van der Waals surface area (Å²) < 4.78 is 0. The molecule has 14 heavy (non-hydrogen) atoms. The van der Waals surface area contributed by atoms with E-state index in [1.165, 1.54) is 10.4 Å². The van der Waals surface area contributed by atoms with Gasteiger partial charge < -0.3 is 5.84 Å². The molecule has 0 unspecified atom stereocenters. The van der Waals surface area contributed by atoms with Crippen LogP contribution in [0.2, 0.25) is 0 Å². The molecule has 1 aromatic carbocycles. The van der Waals surface area contributed by atoms with Gasteiger partial charge in [0.2, 0.25) is 0 Å². The highest BCUT2D eigenvalue weighted by molar-refractivity contribution is 7.80. The van der Waals surface area contributed by atoms with Crippen LogP contribution in [0.4, 0.5) is 0 Å². The van der Waals surface area contributed by atoms with Crippen molar-refractivity contribution >= 4 is 12.6 Å². The molecule has 0 aliphatic carbocycles. The summed E-state index contributed by atoms with van der Waals surface area (Å²) in [6.45, 7) is 0. The summed E-state index contributed by atoms with van der Waals surface area (Å²) in [4.78, 5) is 1.17. The lowest BCUT2D eigenvalue weighted by atomic mass is 10.1. The molecule has 1 aromatic heterocycles. The third kappa shape index (κ3) is 1.72. The number of benzene rings is 1. The van der Waals surface area contributed by atoms with Gasteiger partial charge in [-0.2, -0.15) is 4.79 Å². The van der Waals surface area contributed by atoms with Gasteiger partial charge in [0.25, 0.3) is 0 Å². The molecule has 5 heteroatoms. The van der Waals surface area contributed by atoms with E-state index in [2.05, 4.69) is 22.9 Å². The van der Waals surface area contributed by atoms with Crippen LogP contribution in [0.1, 0.15) is 11.3 Å². The highest BCUT2D eigenvalue weighted by Crippen LogP contribution is 2.12. The Hall–Kier alpha value is -1.49. The first-order valence-electron chi connectivity index (χ1n) is 4.20. The van der Waals surface area contributed by atoms with Crippen molar-refractivity contribution in [2.75, 3.05) is 5.84 Å². The Labute approximate surface area is 87.1 Å². The molecule has 0 bridgehead atoms. The quantitative estimate of drug-likeness (QED) is 0.566. The summed E-state index contributed by atoms with van der Waals surface area (Å²) >= 11 is 4.21. The van der Waals surface area contributed by atoms with E-state index in [0.29, 0.717) is 11.4 Å². The normalized spacial score (nSPS) is 10.4. The molecule has 0 spiro atoms. The lowest BCUT2D eigenvalue weighted by Crippen LogP contribution is -2.10. The molecule has 2 N–H and O–H groups in total. The van der Waals surface area contributed by atoms with Crippen LogP contribution < -0.4 is 5.84 Å². The molecule has 0 saturated heterocycles. The first-order valence-corrected chi connectivity index (χ1v) is 4.64. The van der Waals surface area contributed by atoms with Crippen molar-refractivity contribution < 1.29 is 0 Å². The molecular formula is C9H10N4S. The number of nitrogens with two attached hydrogens (primary N) is 1. The third-order valence-electron chi connectivity index (χ3n) is 1.95. The second kappa shape index (κ2) is 3.71. The summed E-state index contributed by atoms with van der Waals surface area (Å²) in [7, 11) is 0. The molecule has 0 aliphatic rings. The standard InChI is InChI=1S/C9H10N4S/c10-13-9(14)8(11-12-13)6-7-4-2-1-3-5-7/h1-5,14H,6,10H2. The Morgan fingerprint density at radius 3 is 2.57 bits per heavy atom. The fraction of sp³-hybridized carbons (Fsp3) is 0.111. The largest absolute Gasteiger partial charge is 0.321 e. The van der Waals surface area contributed by atoms with Gasteiger partial charge in [-0.15, -0.1) is 17.7 Å². The van der Waals surface area contributed by atoms with Crippen molar-refractivity contribution in [1.29, 1.82) is 0 Å². The summed E-state index contributed by atoms with van der Waals surface area (Å²) in [6.07, 6.45) is 0.705. The maximum absolute atomic E-state index is 5.46. The van der Waals surface area contributed by atoms with Crippen molar-refractivity contribution in [3.8, 4) is 0 Å². The van der Waals surface area contributed by atoms with Crippen LogP contribution in [0.25, 0.3) is 0 Å². The highest BCUT2D eigenvalue weighted by Gasteiger charge is 2.07. The number of hydrogen-bond donors (Lipinski definition) is 2. The number of nitrogen functional groups attached to an aromatic ring is 1. The minimum Gasteiger partial charge on any atom is -0.321 e. The van der Waals surface area contributed by atoms with Crippen molar-refractivity contribution in [3.63, 3.8) is 0 Å². The van der Waals surface area contributed by atoms with Crippen LogP contribution in [0.5, 0.6) is 0 Å². The molecule has 0 fully saturated rings. The number of hydrogen-bond acceptors (Lipinski definition) is 4. The SMILES string of the molecule is Nn1nnc(Cc2ccccc2)c1S. The third-order valence-corrected chi connectivity index (χ3v) is 2.41. The maximum Gasteiger partial charge on any atom is 0.138 e. The summed E-state index contributed by atoms with van der Waals surface area (Å²) in [5.41, 5.74) is 1.96. The van der Waals surface area contributed by atoms with Crippen LogP contribution in [-0.4, -0.2) is 15.1 Å². The maximum atomic E-state index is 5.46. The van der Waals surface area contributed by atoms with Crippen LogP contribution in [0.15, 0.2) is 35.4 Å². The molecule has 72 valence electrons. The lowest BCUT2D eigenvalue weighted by Gasteiger charge is -1.97. The second-order valence-corrected chi connectivity index (χ2v) is 3.39. The number of nitrogens with zero attached hydrogens (tertiary/aromatic N) is 3. The van der Waals surface area contributed by atoms with Gasteiger partial charge in [-0.05, 0) is 10.8 Å². The molecule has 0 atom stereocenters. The molecule has 0 radical (unpaired) electrons. The Morgan fingerprint density at radius 1 is 1.29 bits per heavy atom. The van der Waals surface area contributed by atoms with Gasteiger partial charge >= 0.3 is 0 Å². The van der Waals surface area contributed by atoms with Gasteiger partial charge in [0.15, 0.2) is 0 Å². The van der Waals surface area contributed by atoms with Crippen LogP contribution in [0.3, 0.4) is 0 Å². The Balaban J connectivity index is 2.23. The molecule has 2 aromatic rings. The van der Waals surface area contributed by atoms with E-state index in [4.69, 9.17) is 5.84 Å². The highest BCUT2D eigenvalue weighted by atomic mass is 32.1. The number of thiol groups is 1. The van der Waals surface area contributed by atoms with Crippen LogP contribution >= 0.6 is 12.6 Å². The fourth-order valence-corrected chi connectivity index (χ4v) is 1.39. The minimum atomic E-state index is 0.605. The second-order valence-electron chi connectivity index (χ2n) is 2.97. The lowest BCUT2D eigenvalue weighted by molar-refractivity contribution is 0.718. The van der Waals surface area contributed by atoms with E-state index in [0.717, 1.165) is 5.69 Å². The van der Waals surface area contributed by atoms with Crippen molar-refractivity contribution in [3.05, 3.63) is 41.6 Å². The molecule has 0 amide bonds. The number of aromatic nitrogens is 3. The number of rotatable bonds is 2. The van der Waals surface area contributed by atoms with Crippen LogP contribution in [0, 0.1) is 0 Å². The molecule has 0 saturated carbocycles. The molecule has 2 rings (SSSR count).